The lowest BCUT2D eigenvalue weighted by Crippen LogP contribution is -2.23. The Labute approximate surface area is 122 Å². The Bertz CT molecular complexity index is 662. The maximum Gasteiger partial charge on any atom is 0.250 e. The van der Waals surface area contributed by atoms with Crippen LogP contribution in [0.25, 0.3) is 0 Å². The van der Waals surface area contributed by atoms with Gasteiger partial charge in [-0.3, -0.25) is 4.68 Å². The summed E-state index contributed by atoms with van der Waals surface area (Å²) in [5.74, 6) is 0.447. The van der Waals surface area contributed by atoms with Crippen LogP contribution in [0.3, 0.4) is 0 Å². The minimum atomic E-state index is -3.49. The Kier molecular flexibility index (Phi) is 4.86. The molecular weight excluding hydrogens is 298 g/mol. The number of aryl methyl sites for hydroxylation is 1. The number of hydrogen-bond acceptors (Lipinski definition) is 6. The van der Waals surface area contributed by atoms with Gasteiger partial charge in [-0.1, -0.05) is 0 Å². The van der Waals surface area contributed by atoms with Crippen molar-refractivity contribution in [3.63, 3.8) is 0 Å². The second kappa shape index (κ2) is 6.44. The molecule has 0 amide bonds. The van der Waals surface area contributed by atoms with Crippen LogP contribution in [0.1, 0.15) is 10.7 Å². The van der Waals surface area contributed by atoms with E-state index in [2.05, 4.69) is 20.1 Å². The Morgan fingerprint density at radius 1 is 1.40 bits per heavy atom. The van der Waals surface area contributed by atoms with E-state index in [1.54, 1.807) is 13.1 Å². The van der Waals surface area contributed by atoms with Gasteiger partial charge in [-0.15, -0.1) is 11.3 Å². The summed E-state index contributed by atoms with van der Waals surface area (Å²) in [5.41, 5.74) is 0. The molecule has 110 valence electrons. The zero-order chi connectivity index (χ0) is 14.6. The monoisotopic (exact) mass is 315 g/mol. The lowest BCUT2D eigenvalue weighted by Gasteiger charge is -2.01. The lowest BCUT2D eigenvalue weighted by atomic mass is 10.3. The largest absolute Gasteiger partial charge is 0.319 e. The number of aromatic nitrogens is 3. The molecule has 0 unspecified atom stereocenters. The van der Waals surface area contributed by atoms with E-state index in [4.69, 9.17) is 0 Å². The summed E-state index contributed by atoms with van der Waals surface area (Å²) in [7, 11) is 0.108. The third-order valence-electron chi connectivity index (χ3n) is 2.59. The van der Waals surface area contributed by atoms with Crippen molar-refractivity contribution in [1.82, 2.24) is 24.8 Å². The topological polar surface area (TPSA) is 88.9 Å². The van der Waals surface area contributed by atoms with Gasteiger partial charge in [0.05, 0.1) is 6.54 Å². The predicted octanol–water partition coefficient (Wildman–Crippen LogP) is 0.117. The fourth-order valence-electron chi connectivity index (χ4n) is 1.58. The Morgan fingerprint density at radius 2 is 2.20 bits per heavy atom. The van der Waals surface area contributed by atoms with Gasteiger partial charge >= 0.3 is 0 Å². The summed E-state index contributed by atoms with van der Waals surface area (Å²) in [5, 5.41) is 7.06. The van der Waals surface area contributed by atoms with Crippen molar-refractivity contribution in [2.24, 2.45) is 7.05 Å². The van der Waals surface area contributed by atoms with Crippen molar-refractivity contribution in [1.29, 1.82) is 0 Å². The van der Waals surface area contributed by atoms with E-state index in [1.807, 2.05) is 13.1 Å². The van der Waals surface area contributed by atoms with E-state index in [0.29, 0.717) is 10.0 Å². The molecule has 0 bridgehead atoms. The third kappa shape index (κ3) is 3.85. The molecule has 2 aromatic heterocycles. The van der Waals surface area contributed by atoms with Crippen molar-refractivity contribution < 1.29 is 8.42 Å². The van der Waals surface area contributed by atoms with E-state index >= 15 is 0 Å². The summed E-state index contributed by atoms with van der Waals surface area (Å²) < 4.78 is 28.6. The molecule has 2 N–H and O–H groups in total. The molecule has 9 heteroatoms. The number of nitrogens with zero attached hydrogens (tertiary/aromatic N) is 3. The van der Waals surface area contributed by atoms with Crippen LogP contribution in [-0.4, -0.2) is 36.8 Å². The van der Waals surface area contributed by atoms with Crippen LogP contribution in [0.15, 0.2) is 22.7 Å². The van der Waals surface area contributed by atoms with Gasteiger partial charge in [0, 0.05) is 11.9 Å². The summed E-state index contributed by atoms with van der Waals surface area (Å²) >= 11 is 1.28. The molecule has 20 heavy (non-hydrogen) atoms. The molecule has 7 nitrogen and oxygen atoms in total. The molecule has 0 aliphatic rings. The highest BCUT2D eigenvalue weighted by Crippen LogP contribution is 2.21. The molecule has 0 saturated carbocycles. The highest BCUT2D eigenvalue weighted by molar-refractivity contribution is 7.91. The van der Waals surface area contributed by atoms with Gasteiger partial charge in [-0.05, 0) is 32.1 Å². The van der Waals surface area contributed by atoms with Crippen LogP contribution in [0, 0.1) is 0 Å². The van der Waals surface area contributed by atoms with Crippen molar-refractivity contribution in [3.05, 3.63) is 29.2 Å². The van der Waals surface area contributed by atoms with E-state index in [1.165, 1.54) is 22.3 Å². The Morgan fingerprint density at radius 3 is 2.85 bits per heavy atom. The normalized spacial score (nSPS) is 11.9. The second-order valence-electron chi connectivity index (χ2n) is 4.23. The van der Waals surface area contributed by atoms with E-state index in [-0.39, 0.29) is 6.54 Å². The van der Waals surface area contributed by atoms with Crippen LogP contribution in [0.2, 0.25) is 0 Å². The van der Waals surface area contributed by atoms with E-state index < -0.39 is 10.0 Å². The molecule has 0 aromatic carbocycles. The first-order valence-electron chi connectivity index (χ1n) is 6.09. The molecule has 0 fully saturated rings. The van der Waals surface area contributed by atoms with Gasteiger partial charge in [0.15, 0.2) is 5.82 Å². The quantitative estimate of drug-likeness (QED) is 0.757. The maximum absolute atomic E-state index is 12.1. The first-order chi connectivity index (χ1) is 9.51. The van der Waals surface area contributed by atoms with Gasteiger partial charge in [-0.25, -0.2) is 18.1 Å². The fourth-order valence-corrected chi connectivity index (χ4v) is 3.96. The first kappa shape index (κ1) is 15.1. The number of nitrogens with one attached hydrogen (secondary N) is 2. The van der Waals surface area contributed by atoms with Crippen molar-refractivity contribution in [2.45, 2.75) is 17.2 Å². The van der Waals surface area contributed by atoms with Crippen LogP contribution < -0.4 is 10.0 Å². The number of rotatable bonds is 7. The van der Waals surface area contributed by atoms with Crippen molar-refractivity contribution in [2.75, 3.05) is 13.6 Å². The molecular formula is C11H17N5O2S2. The second-order valence-corrected chi connectivity index (χ2v) is 7.40. The molecule has 0 spiro atoms. The molecule has 2 rings (SSSR count). The van der Waals surface area contributed by atoms with Crippen LogP contribution in [0.4, 0.5) is 0 Å². The molecule has 0 saturated heterocycles. The van der Waals surface area contributed by atoms with Gasteiger partial charge in [0.25, 0.3) is 0 Å². The summed E-state index contributed by atoms with van der Waals surface area (Å²) in [6.07, 6.45) is 2.35. The maximum atomic E-state index is 12.1. The van der Waals surface area contributed by atoms with Crippen LogP contribution in [0.5, 0.6) is 0 Å². The molecule has 0 radical (unpaired) electrons. The molecule has 2 aromatic rings. The number of likely N-dealkylation sites (N-methyl/N-ethyl adjacent to an activating group) is 1. The highest BCUT2D eigenvalue weighted by atomic mass is 32.2. The summed E-state index contributed by atoms with van der Waals surface area (Å²) in [6.45, 7) is 0.915. The average molecular weight is 315 g/mol. The minimum absolute atomic E-state index is 0.0902. The van der Waals surface area contributed by atoms with E-state index in [9.17, 15) is 8.42 Å². The number of sulfonamides is 1. The Hall–Kier alpha value is -1.29. The Balaban J connectivity index is 2.00. The fraction of sp³-hybridized carbons (Fsp3) is 0.455. The zero-order valence-electron chi connectivity index (χ0n) is 11.3. The lowest BCUT2D eigenvalue weighted by molar-refractivity contribution is 0.580. The summed E-state index contributed by atoms with van der Waals surface area (Å²) in [6, 6.07) is 3.47. The zero-order valence-corrected chi connectivity index (χ0v) is 13.0. The average Bonchev–Trinajstić information content (AvgIpc) is 3.03. The van der Waals surface area contributed by atoms with Gasteiger partial charge in [0.2, 0.25) is 10.0 Å². The SMILES string of the molecule is CNCCc1ccc(S(=O)(=O)NCc2ncn(C)n2)s1. The predicted molar refractivity (Wildman–Crippen MR) is 77.0 cm³/mol. The summed E-state index contributed by atoms with van der Waals surface area (Å²) in [4.78, 5) is 5.02. The van der Waals surface area contributed by atoms with Crippen LogP contribution in [-0.2, 0) is 30.0 Å². The molecule has 0 aliphatic carbocycles. The smallest absolute Gasteiger partial charge is 0.250 e. The standard InChI is InChI=1S/C11H17N5O2S2/c1-12-6-5-9-3-4-11(19-9)20(17,18)14-7-10-13-8-16(2)15-10/h3-4,8,12,14H,5-7H2,1-2H3. The first-order valence-corrected chi connectivity index (χ1v) is 8.39. The number of thiophene rings is 1. The third-order valence-corrected chi connectivity index (χ3v) is 5.63. The van der Waals surface area contributed by atoms with Crippen LogP contribution >= 0.6 is 11.3 Å². The van der Waals surface area contributed by atoms with Crippen molar-refractivity contribution in [3.8, 4) is 0 Å². The number of hydrogen-bond donors (Lipinski definition) is 2. The molecule has 2 heterocycles. The van der Waals surface area contributed by atoms with Gasteiger partial charge in [0.1, 0.15) is 10.5 Å². The van der Waals surface area contributed by atoms with Crippen molar-refractivity contribution >= 4 is 21.4 Å². The van der Waals surface area contributed by atoms with E-state index in [0.717, 1.165) is 17.8 Å². The molecule has 0 aliphatic heterocycles. The molecule has 0 atom stereocenters. The van der Waals surface area contributed by atoms with Gasteiger partial charge < -0.3 is 5.32 Å². The van der Waals surface area contributed by atoms with Gasteiger partial charge in [-0.2, -0.15) is 5.10 Å². The highest BCUT2D eigenvalue weighted by Gasteiger charge is 2.17. The minimum Gasteiger partial charge on any atom is -0.319 e.